The van der Waals surface area contributed by atoms with Gasteiger partial charge in [0, 0.05) is 16.8 Å². The molecule has 0 unspecified atom stereocenters. The molecule has 0 aliphatic heterocycles. The van der Waals surface area contributed by atoms with Crippen molar-refractivity contribution in [2.45, 2.75) is 23.3 Å². The molecule has 2 heterocycles. The van der Waals surface area contributed by atoms with Crippen molar-refractivity contribution >= 4 is 39.3 Å². The molecule has 0 saturated heterocycles. The number of thiophene rings is 1. The van der Waals surface area contributed by atoms with E-state index in [1.807, 2.05) is 17.5 Å². The predicted molar refractivity (Wildman–Crippen MR) is 86.7 cm³/mol. The Hall–Kier alpha value is -1.66. The van der Waals surface area contributed by atoms with E-state index >= 15 is 0 Å². The molecule has 0 fully saturated rings. The average molecular weight is 319 g/mol. The quantitative estimate of drug-likeness (QED) is 0.685. The number of aromatic nitrogens is 2. The second-order valence-electron chi connectivity index (χ2n) is 4.45. The Kier molecular flexibility index (Phi) is 4.36. The fourth-order valence-corrected chi connectivity index (χ4v) is 3.61. The van der Waals surface area contributed by atoms with Crippen LogP contribution in [0.3, 0.4) is 0 Å². The molecule has 0 atom stereocenters. The number of nitrogens with one attached hydrogen (secondary N) is 1. The van der Waals surface area contributed by atoms with Gasteiger partial charge in [-0.3, -0.25) is 0 Å². The van der Waals surface area contributed by atoms with Crippen molar-refractivity contribution in [2.75, 3.05) is 11.9 Å². The molecule has 2 aromatic heterocycles. The zero-order valence-corrected chi connectivity index (χ0v) is 13.1. The second kappa shape index (κ2) is 6.41. The van der Waals surface area contributed by atoms with Crippen molar-refractivity contribution in [3.05, 3.63) is 41.5 Å². The first kappa shape index (κ1) is 14.3. The van der Waals surface area contributed by atoms with Crippen molar-refractivity contribution in [3.63, 3.8) is 0 Å². The van der Waals surface area contributed by atoms with Gasteiger partial charge in [0.05, 0.1) is 0 Å². The maximum atomic E-state index is 13.8. The Bertz CT molecular complexity index is 758. The minimum absolute atomic E-state index is 0.229. The monoisotopic (exact) mass is 319 g/mol. The molecular weight excluding hydrogens is 305 g/mol. The maximum Gasteiger partial charge on any atom is 0.225 e. The Morgan fingerprint density at radius 3 is 2.90 bits per heavy atom. The van der Waals surface area contributed by atoms with Gasteiger partial charge in [0.25, 0.3) is 0 Å². The molecule has 0 bridgehead atoms. The smallest absolute Gasteiger partial charge is 0.225 e. The van der Waals surface area contributed by atoms with Crippen LogP contribution in [-0.4, -0.2) is 16.5 Å². The third-order valence-electron chi connectivity index (χ3n) is 2.87. The van der Waals surface area contributed by atoms with Gasteiger partial charge in [0.2, 0.25) is 5.95 Å². The van der Waals surface area contributed by atoms with Gasteiger partial charge in [-0.1, -0.05) is 30.8 Å². The third kappa shape index (κ3) is 3.16. The Balaban J connectivity index is 2.00. The molecule has 0 radical (unpaired) electrons. The summed E-state index contributed by atoms with van der Waals surface area (Å²) >= 11 is 2.90. The van der Waals surface area contributed by atoms with E-state index in [1.54, 1.807) is 23.5 Å². The summed E-state index contributed by atoms with van der Waals surface area (Å²) in [5.41, 5.74) is 0. The highest BCUT2D eigenvalue weighted by atomic mass is 32.2. The van der Waals surface area contributed by atoms with Gasteiger partial charge in [-0.15, -0.1) is 11.3 Å². The SMILES string of the molecule is CCCNc1nc(Sc2ccccc2F)c2ccsc2n1. The summed E-state index contributed by atoms with van der Waals surface area (Å²) in [4.78, 5) is 10.5. The molecule has 21 heavy (non-hydrogen) atoms. The fraction of sp³-hybridized carbons (Fsp3) is 0.200. The molecule has 108 valence electrons. The van der Waals surface area contributed by atoms with E-state index in [4.69, 9.17) is 0 Å². The zero-order chi connectivity index (χ0) is 14.7. The van der Waals surface area contributed by atoms with Crippen molar-refractivity contribution in [3.8, 4) is 0 Å². The molecule has 3 nitrogen and oxygen atoms in total. The first-order valence-electron chi connectivity index (χ1n) is 6.69. The first-order chi connectivity index (χ1) is 10.3. The Labute approximate surface area is 130 Å². The lowest BCUT2D eigenvalue weighted by molar-refractivity contribution is 0.602. The molecular formula is C15H14FN3S2. The van der Waals surface area contributed by atoms with Gasteiger partial charge >= 0.3 is 0 Å². The standard InChI is InChI=1S/C15H14FN3S2/c1-2-8-17-15-18-13-10(7-9-20-13)14(19-15)21-12-6-4-3-5-11(12)16/h3-7,9H,2,8H2,1H3,(H,17,18,19). The van der Waals surface area contributed by atoms with E-state index < -0.39 is 0 Å². The van der Waals surface area contributed by atoms with E-state index in [2.05, 4.69) is 22.2 Å². The normalized spacial score (nSPS) is 11.0. The predicted octanol–water partition coefficient (Wildman–Crippen LogP) is 4.80. The van der Waals surface area contributed by atoms with Gasteiger partial charge in [0.15, 0.2) is 0 Å². The number of fused-ring (bicyclic) bond motifs is 1. The molecule has 1 aromatic carbocycles. The van der Waals surface area contributed by atoms with Crippen LogP contribution in [-0.2, 0) is 0 Å². The molecule has 0 aliphatic rings. The van der Waals surface area contributed by atoms with Gasteiger partial charge in [-0.05, 0) is 30.0 Å². The van der Waals surface area contributed by atoms with Crippen LogP contribution in [0, 0.1) is 5.82 Å². The van der Waals surface area contributed by atoms with Crippen LogP contribution in [0.25, 0.3) is 10.2 Å². The lowest BCUT2D eigenvalue weighted by Gasteiger charge is -2.07. The van der Waals surface area contributed by atoms with E-state index in [9.17, 15) is 4.39 Å². The first-order valence-corrected chi connectivity index (χ1v) is 8.39. The summed E-state index contributed by atoms with van der Waals surface area (Å²) < 4.78 is 13.8. The molecule has 0 saturated carbocycles. The second-order valence-corrected chi connectivity index (χ2v) is 6.38. The average Bonchev–Trinajstić information content (AvgIpc) is 2.96. The summed E-state index contributed by atoms with van der Waals surface area (Å²) in [6.45, 7) is 2.91. The number of rotatable bonds is 5. The van der Waals surface area contributed by atoms with Gasteiger partial charge in [0.1, 0.15) is 15.7 Å². The topological polar surface area (TPSA) is 37.8 Å². The van der Waals surface area contributed by atoms with Crippen molar-refractivity contribution < 1.29 is 4.39 Å². The van der Waals surface area contributed by atoms with Crippen LogP contribution in [0.2, 0.25) is 0 Å². The van der Waals surface area contributed by atoms with E-state index in [0.29, 0.717) is 10.8 Å². The highest BCUT2D eigenvalue weighted by Gasteiger charge is 2.12. The lowest BCUT2D eigenvalue weighted by atomic mass is 10.3. The number of nitrogens with zero attached hydrogens (tertiary/aromatic N) is 2. The summed E-state index contributed by atoms with van der Waals surface area (Å²) in [7, 11) is 0. The van der Waals surface area contributed by atoms with Crippen molar-refractivity contribution in [2.24, 2.45) is 0 Å². The van der Waals surface area contributed by atoms with Gasteiger partial charge in [-0.25, -0.2) is 14.4 Å². The van der Waals surface area contributed by atoms with E-state index in [-0.39, 0.29) is 5.82 Å². The van der Waals surface area contributed by atoms with Crippen LogP contribution in [0.1, 0.15) is 13.3 Å². The molecule has 6 heteroatoms. The molecule has 0 spiro atoms. The number of hydrogen-bond acceptors (Lipinski definition) is 5. The molecule has 1 N–H and O–H groups in total. The number of halogens is 1. The van der Waals surface area contributed by atoms with Gasteiger partial charge in [-0.2, -0.15) is 0 Å². The van der Waals surface area contributed by atoms with Crippen molar-refractivity contribution in [1.29, 1.82) is 0 Å². The molecule has 3 aromatic rings. The van der Waals surface area contributed by atoms with E-state index in [0.717, 1.165) is 28.2 Å². The molecule has 3 rings (SSSR count). The van der Waals surface area contributed by atoms with Crippen LogP contribution in [0.15, 0.2) is 45.6 Å². The third-order valence-corrected chi connectivity index (χ3v) is 4.73. The number of benzene rings is 1. The minimum atomic E-state index is -0.229. The highest BCUT2D eigenvalue weighted by Crippen LogP contribution is 2.35. The molecule has 0 amide bonds. The summed E-state index contributed by atoms with van der Waals surface area (Å²) in [6, 6.07) is 8.72. The van der Waals surface area contributed by atoms with Crippen LogP contribution >= 0.6 is 23.1 Å². The zero-order valence-electron chi connectivity index (χ0n) is 11.5. The number of hydrogen-bond donors (Lipinski definition) is 1. The van der Waals surface area contributed by atoms with E-state index in [1.165, 1.54) is 17.8 Å². The fourth-order valence-electron chi connectivity index (χ4n) is 1.85. The van der Waals surface area contributed by atoms with Crippen molar-refractivity contribution in [1.82, 2.24) is 9.97 Å². The lowest BCUT2D eigenvalue weighted by Crippen LogP contribution is -2.04. The Morgan fingerprint density at radius 1 is 1.24 bits per heavy atom. The van der Waals surface area contributed by atoms with Crippen LogP contribution < -0.4 is 5.32 Å². The highest BCUT2D eigenvalue weighted by molar-refractivity contribution is 7.99. The minimum Gasteiger partial charge on any atom is -0.354 e. The van der Waals surface area contributed by atoms with Crippen LogP contribution in [0.4, 0.5) is 10.3 Å². The van der Waals surface area contributed by atoms with Crippen LogP contribution in [0.5, 0.6) is 0 Å². The Morgan fingerprint density at radius 2 is 2.10 bits per heavy atom. The maximum absolute atomic E-state index is 13.8. The summed E-state index contributed by atoms with van der Waals surface area (Å²) in [5, 5.41) is 6.93. The number of anilines is 1. The summed E-state index contributed by atoms with van der Waals surface area (Å²) in [6.07, 6.45) is 1.00. The van der Waals surface area contributed by atoms with Gasteiger partial charge < -0.3 is 5.32 Å². The largest absolute Gasteiger partial charge is 0.354 e. The summed E-state index contributed by atoms with van der Waals surface area (Å²) in [5.74, 6) is 0.373. The molecule has 0 aliphatic carbocycles.